The quantitative estimate of drug-likeness (QED) is 0.296. The summed E-state index contributed by atoms with van der Waals surface area (Å²) in [5.41, 5.74) is -0.0717. The number of benzene rings is 2. The van der Waals surface area contributed by atoms with Crippen LogP contribution in [0.2, 0.25) is 0 Å². The molecule has 1 amide bonds. The van der Waals surface area contributed by atoms with Crippen molar-refractivity contribution in [2.45, 2.75) is 122 Å². The number of ether oxygens (including phenoxy) is 5. The van der Waals surface area contributed by atoms with Gasteiger partial charge in [0.05, 0.1) is 19.3 Å². The summed E-state index contributed by atoms with van der Waals surface area (Å²) in [6.45, 7) is 9.56. The number of hydrogen-bond donors (Lipinski definition) is 1. The van der Waals surface area contributed by atoms with Crippen LogP contribution in [0.25, 0.3) is 0 Å². The van der Waals surface area contributed by atoms with E-state index in [1.807, 2.05) is 20.8 Å². The second kappa shape index (κ2) is 16.8. The van der Waals surface area contributed by atoms with Crippen LogP contribution in [0, 0.1) is 11.6 Å². The zero-order valence-corrected chi connectivity index (χ0v) is 29.0. The Labute approximate surface area is 279 Å². The fourth-order valence-electron chi connectivity index (χ4n) is 5.95. The number of rotatable bonds is 8. The Morgan fingerprint density at radius 3 is 2.00 bits per heavy atom. The van der Waals surface area contributed by atoms with E-state index in [1.165, 1.54) is 24.3 Å². The maximum Gasteiger partial charge on any atom is 0.410 e. The third-order valence-electron chi connectivity index (χ3n) is 8.28. The fourth-order valence-corrected chi connectivity index (χ4v) is 6.31. The molecule has 0 radical (unpaired) electrons. The molecule has 0 saturated carbocycles. The smallest absolute Gasteiger partial charge is 0.410 e. The molecule has 8 nitrogen and oxygen atoms in total. The van der Waals surface area contributed by atoms with Crippen molar-refractivity contribution in [2.24, 2.45) is 0 Å². The summed E-state index contributed by atoms with van der Waals surface area (Å²) >= 11 is 3.37. The van der Waals surface area contributed by atoms with Crippen molar-refractivity contribution in [2.75, 3.05) is 19.8 Å². The summed E-state index contributed by atoms with van der Waals surface area (Å²) < 4.78 is 55.9. The maximum atomic E-state index is 14.0. The van der Waals surface area contributed by atoms with Crippen molar-refractivity contribution in [3.05, 3.63) is 69.2 Å². The van der Waals surface area contributed by atoms with Crippen LogP contribution in [0.5, 0.6) is 0 Å². The Morgan fingerprint density at radius 2 is 1.43 bits per heavy atom. The van der Waals surface area contributed by atoms with Crippen LogP contribution in [0.4, 0.5) is 13.6 Å². The van der Waals surface area contributed by atoms with E-state index in [0.29, 0.717) is 37.3 Å². The van der Waals surface area contributed by atoms with Gasteiger partial charge in [0.2, 0.25) is 0 Å². The lowest BCUT2D eigenvalue weighted by molar-refractivity contribution is -0.169. The predicted molar refractivity (Wildman–Crippen MR) is 173 cm³/mol. The molecule has 1 N–H and O–H groups in total. The first-order valence-corrected chi connectivity index (χ1v) is 17.0. The van der Waals surface area contributed by atoms with Crippen molar-refractivity contribution in [1.82, 2.24) is 4.90 Å². The fraction of sp³-hybridized carbons (Fsp3) is 0.629. The number of aliphatic hydroxyl groups is 1. The van der Waals surface area contributed by atoms with E-state index in [2.05, 4.69) is 15.9 Å². The third kappa shape index (κ3) is 10.7. The van der Waals surface area contributed by atoms with Crippen molar-refractivity contribution < 1.29 is 42.4 Å². The molecular weight excluding hydrogens is 664 g/mol. The molecule has 3 aliphatic heterocycles. The molecule has 11 heteroatoms. The zero-order chi connectivity index (χ0) is 33.3. The van der Waals surface area contributed by atoms with E-state index < -0.39 is 29.2 Å². The van der Waals surface area contributed by atoms with E-state index in [4.69, 9.17) is 23.7 Å². The minimum absolute atomic E-state index is 0.132. The third-order valence-corrected chi connectivity index (χ3v) is 9.05. The van der Waals surface area contributed by atoms with Crippen molar-refractivity contribution in [3.8, 4) is 0 Å². The molecule has 3 fully saturated rings. The molecule has 256 valence electrons. The lowest BCUT2D eigenvalue weighted by Gasteiger charge is -2.38. The Morgan fingerprint density at radius 1 is 0.870 bits per heavy atom. The van der Waals surface area contributed by atoms with Crippen LogP contribution in [-0.4, -0.2) is 60.1 Å². The number of halogens is 3. The van der Waals surface area contributed by atoms with E-state index in [1.54, 1.807) is 24.0 Å². The zero-order valence-electron chi connectivity index (χ0n) is 27.4. The monoisotopic (exact) mass is 711 g/mol. The normalized spacial score (nSPS) is 23.3. The van der Waals surface area contributed by atoms with Crippen LogP contribution in [0.15, 0.2) is 40.9 Å². The molecule has 0 bridgehead atoms. The largest absolute Gasteiger partial charge is 0.444 e. The minimum Gasteiger partial charge on any atom is -0.444 e. The summed E-state index contributed by atoms with van der Waals surface area (Å²) in [7, 11) is 0. The van der Waals surface area contributed by atoms with Gasteiger partial charge in [0.25, 0.3) is 0 Å². The van der Waals surface area contributed by atoms with Gasteiger partial charge in [0.1, 0.15) is 22.8 Å². The SMILES string of the molecule is CC(C)(C)OC(=O)N1CCC[C@@H]1C(C)(O)c1ccc(F)cc1COC1CCCCO1.Fc1ccc(Br)c(COC2CCCCO2)c1. The minimum atomic E-state index is -1.38. The van der Waals surface area contributed by atoms with Gasteiger partial charge < -0.3 is 33.7 Å². The Kier molecular flexibility index (Phi) is 13.4. The molecule has 0 aromatic heterocycles. The molecule has 0 aliphatic carbocycles. The number of carbonyl (C=O) groups is 1. The van der Waals surface area contributed by atoms with Crippen LogP contribution < -0.4 is 0 Å². The highest BCUT2D eigenvalue weighted by atomic mass is 79.9. The molecule has 3 heterocycles. The van der Waals surface area contributed by atoms with Gasteiger partial charge >= 0.3 is 6.09 Å². The molecular formula is C35H48BrF2NO7. The number of nitrogens with zero attached hydrogens (tertiary/aromatic N) is 1. The first kappa shape index (κ1) is 36.7. The maximum absolute atomic E-state index is 14.0. The van der Waals surface area contributed by atoms with Crippen LogP contribution in [0.1, 0.15) is 95.8 Å². The molecule has 3 aliphatic rings. The van der Waals surface area contributed by atoms with E-state index in [-0.39, 0.29) is 25.0 Å². The van der Waals surface area contributed by atoms with E-state index in [9.17, 15) is 18.7 Å². The molecule has 3 unspecified atom stereocenters. The number of likely N-dealkylation sites (tertiary alicyclic amines) is 1. The Hall–Kier alpha value is -2.15. The van der Waals surface area contributed by atoms with Gasteiger partial charge in [0, 0.05) is 24.2 Å². The second-order valence-electron chi connectivity index (χ2n) is 13.2. The second-order valence-corrected chi connectivity index (χ2v) is 14.1. The van der Waals surface area contributed by atoms with Gasteiger partial charge in [-0.3, -0.25) is 0 Å². The molecule has 46 heavy (non-hydrogen) atoms. The standard InChI is InChI=1S/C23H34FNO5.C12H14BrFO2/c1-22(2,3)30-21(26)25-12-7-8-19(25)23(4,27)18-11-10-17(24)14-16(18)15-29-20-9-5-6-13-28-20;13-11-5-4-10(14)7-9(11)8-16-12-3-1-2-6-15-12/h10-11,14,19-20,27H,5-9,12-13,15H2,1-4H3;4-5,7,12H,1-3,6,8H2/t19-,20?,23?;/m1./s1. The first-order chi connectivity index (χ1) is 21.8. The molecule has 2 aromatic rings. The van der Waals surface area contributed by atoms with Gasteiger partial charge in [-0.1, -0.05) is 22.0 Å². The number of hydrogen-bond acceptors (Lipinski definition) is 7. The molecule has 0 spiro atoms. The number of carbonyl (C=O) groups excluding carboxylic acids is 1. The van der Waals surface area contributed by atoms with E-state index in [0.717, 1.165) is 61.6 Å². The topological polar surface area (TPSA) is 86.7 Å². The van der Waals surface area contributed by atoms with Gasteiger partial charge in [-0.25, -0.2) is 13.6 Å². The highest BCUT2D eigenvalue weighted by molar-refractivity contribution is 9.10. The van der Waals surface area contributed by atoms with Crippen LogP contribution >= 0.6 is 15.9 Å². The van der Waals surface area contributed by atoms with Crippen molar-refractivity contribution >= 4 is 22.0 Å². The number of amides is 1. The summed E-state index contributed by atoms with van der Waals surface area (Å²) in [5, 5.41) is 11.6. The Balaban J connectivity index is 0.000000252. The van der Waals surface area contributed by atoms with E-state index >= 15 is 0 Å². The average Bonchev–Trinajstić information content (AvgIpc) is 3.53. The predicted octanol–water partition coefficient (Wildman–Crippen LogP) is 8.11. The van der Waals surface area contributed by atoms with Crippen molar-refractivity contribution in [3.63, 3.8) is 0 Å². The highest BCUT2D eigenvalue weighted by Gasteiger charge is 2.45. The summed E-state index contributed by atoms with van der Waals surface area (Å²) in [5.74, 6) is -0.639. The van der Waals surface area contributed by atoms with Gasteiger partial charge in [-0.2, -0.15) is 0 Å². The van der Waals surface area contributed by atoms with Crippen molar-refractivity contribution in [1.29, 1.82) is 0 Å². The summed E-state index contributed by atoms with van der Waals surface area (Å²) in [6, 6.07) is 8.42. The lowest BCUT2D eigenvalue weighted by atomic mass is 9.84. The molecule has 2 aromatic carbocycles. The van der Waals surface area contributed by atoms with Crippen LogP contribution in [-0.2, 0) is 42.5 Å². The van der Waals surface area contributed by atoms with Gasteiger partial charge in [0.15, 0.2) is 12.6 Å². The summed E-state index contributed by atoms with van der Waals surface area (Å²) in [4.78, 5) is 14.3. The highest BCUT2D eigenvalue weighted by Crippen LogP contribution is 2.38. The molecule has 5 rings (SSSR count). The lowest BCUT2D eigenvalue weighted by Crippen LogP contribution is -2.50. The van der Waals surface area contributed by atoms with Gasteiger partial charge in [-0.05, 0) is 126 Å². The average molecular weight is 713 g/mol. The van der Waals surface area contributed by atoms with Crippen LogP contribution in [0.3, 0.4) is 0 Å². The Bertz CT molecular complexity index is 1280. The van der Waals surface area contributed by atoms with Gasteiger partial charge in [-0.15, -0.1) is 0 Å². The molecule has 3 saturated heterocycles. The molecule has 4 atom stereocenters. The first-order valence-electron chi connectivity index (χ1n) is 16.2. The summed E-state index contributed by atoms with van der Waals surface area (Å²) in [6.07, 6.45) is 6.52.